The molecule has 0 bridgehead atoms. The molecule has 0 saturated heterocycles. The average Bonchev–Trinajstić information content (AvgIpc) is 2.40. The summed E-state index contributed by atoms with van der Waals surface area (Å²) in [4.78, 5) is 13.5. The van der Waals surface area contributed by atoms with Gasteiger partial charge in [-0.15, -0.1) is 0 Å². The van der Waals surface area contributed by atoms with E-state index in [0.29, 0.717) is 18.8 Å². The molecule has 100 valence electrons. The van der Waals surface area contributed by atoms with E-state index in [1.807, 2.05) is 50.2 Å². The van der Waals surface area contributed by atoms with Crippen LogP contribution >= 0.6 is 15.9 Å². The molecule has 2 aromatic rings. The van der Waals surface area contributed by atoms with E-state index in [-0.39, 0.29) is 6.09 Å². The Kier molecular flexibility index (Phi) is 4.43. The molecule has 4 heteroatoms. The maximum atomic E-state index is 11.9. The highest BCUT2D eigenvalue weighted by Gasteiger charge is 2.11. The molecule has 0 aromatic heterocycles. The third-order valence-corrected chi connectivity index (χ3v) is 3.49. The standard InChI is InChI=1S/C15H16BrNO2/c1-3-17(4-2)15(18)19-14-8-6-11-9-13(16)7-5-12(11)10-14/h5-10H,3-4H2,1-2H3. The number of hydrogen-bond donors (Lipinski definition) is 0. The summed E-state index contributed by atoms with van der Waals surface area (Å²) in [6.07, 6.45) is -0.304. The Morgan fingerprint density at radius 1 is 1.11 bits per heavy atom. The molecule has 0 fully saturated rings. The summed E-state index contributed by atoms with van der Waals surface area (Å²) in [5, 5.41) is 2.16. The van der Waals surface area contributed by atoms with Crippen molar-refractivity contribution in [1.82, 2.24) is 4.90 Å². The fraction of sp³-hybridized carbons (Fsp3) is 0.267. The molecule has 0 spiro atoms. The molecule has 3 nitrogen and oxygen atoms in total. The number of benzene rings is 2. The Morgan fingerprint density at radius 2 is 1.74 bits per heavy atom. The van der Waals surface area contributed by atoms with Gasteiger partial charge >= 0.3 is 6.09 Å². The van der Waals surface area contributed by atoms with Crippen LogP contribution in [0.15, 0.2) is 40.9 Å². The van der Waals surface area contributed by atoms with Crippen molar-refractivity contribution in [3.8, 4) is 5.75 Å². The highest BCUT2D eigenvalue weighted by molar-refractivity contribution is 9.10. The van der Waals surface area contributed by atoms with Crippen molar-refractivity contribution in [1.29, 1.82) is 0 Å². The van der Waals surface area contributed by atoms with E-state index in [2.05, 4.69) is 15.9 Å². The summed E-state index contributed by atoms with van der Waals surface area (Å²) in [7, 11) is 0. The van der Waals surface area contributed by atoms with Gasteiger partial charge in [0.2, 0.25) is 0 Å². The first-order valence-electron chi connectivity index (χ1n) is 6.30. The van der Waals surface area contributed by atoms with Gasteiger partial charge in [-0.05, 0) is 48.9 Å². The SMILES string of the molecule is CCN(CC)C(=O)Oc1ccc2cc(Br)ccc2c1. The van der Waals surface area contributed by atoms with Crippen molar-refractivity contribution in [2.24, 2.45) is 0 Å². The molecule has 1 amide bonds. The minimum Gasteiger partial charge on any atom is -0.410 e. The third-order valence-electron chi connectivity index (χ3n) is 3.00. The average molecular weight is 322 g/mol. The van der Waals surface area contributed by atoms with E-state index in [1.54, 1.807) is 4.90 Å². The van der Waals surface area contributed by atoms with Crippen molar-refractivity contribution in [3.05, 3.63) is 40.9 Å². The van der Waals surface area contributed by atoms with E-state index >= 15 is 0 Å². The maximum absolute atomic E-state index is 11.9. The van der Waals surface area contributed by atoms with Gasteiger partial charge in [0.05, 0.1) is 0 Å². The number of rotatable bonds is 3. The second-order valence-electron chi connectivity index (χ2n) is 4.19. The molecule has 0 radical (unpaired) electrons. The van der Waals surface area contributed by atoms with Crippen molar-refractivity contribution in [3.63, 3.8) is 0 Å². The molecule has 2 rings (SSSR count). The largest absolute Gasteiger partial charge is 0.415 e. The Hall–Kier alpha value is -1.55. The second kappa shape index (κ2) is 6.06. The second-order valence-corrected chi connectivity index (χ2v) is 5.11. The smallest absolute Gasteiger partial charge is 0.410 e. The summed E-state index contributed by atoms with van der Waals surface area (Å²) in [5.41, 5.74) is 0. The molecule has 0 aliphatic carbocycles. The monoisotopic (exact) mass is 321 g/mol. The Bertz CT molecular complexity index is 594. The van der Waals surface area contributed by atoms with Crippen LogP contribution in [0.4, 0.5) is 4.79 Å². The first-order valence-corrected chi connectivity index (χ1v) is 7.09. The van der Waals surface area contributed by atoms with E-state index in [9.17, 15) is 4.79 Å². The van der Waals surface area contributed by atoms with Crippen LogP contribution in [0.1, 0.15) is 13.8 Å². The summed E-state index contributed by atoms with van der Waals surface area (Å²) in [5.74, 6) is 0.576. The first-order chi connectivity index (χ1) is 9.13. The highest BCUT2D eigenvalue weighted by atomic mass is 79.9. The van der Waals surface area contributed by atoms with Crippen molar-refractivity contribution >= 4 is 32.8 Å². The van der Waals surface area contributed by atoms with Crippen molar-refractivity contribution in [2.75, 3.05) is 13.1 Å². The van der Waals surface area contributed by atoms with Gasteiger partial charge in [0, 0.05) is 17.6 Å². The van der Waals surface area contributed by atoms with Gasteiger partial charge in [0.1, 0.15) is 5.75 Å². The Morgan fingerprint density at radius 3 is 2.42 bits per heavy atom. The third kappa shape index (κ3) is 3.26. The topological polar surface area (TPSA) is 29.5 Å². The Labute approximate surface area is 121 Å². The summed E-state index contributed by atoms with van der Waals surface area (Å²) in [6.45, 7) is 5.16. The summed E-state index contributed by atoms with van der Waals surface area (Å²) < 4.78 is 6.41. The van der Waals surface area contributed by atoms with E-state index in [1.165, 1.54) is 0 Å². The number of hydrogen-bond acceptors (Lipinski definition) is 2. The Balaban J connectivity index is 2.22. The van der Waals surface area contributed by atoms with Gasteiger partial charge in [-0.25, -0.2) is 4.79 Å². The van der Waals surface area contributed by atoms with Gasteiger partial charge in [0.25, 0.3) is 0 Å². The van der Waals surface area contributed by atoms with Crippen molar-refractivity contribution < 1.29 is 9.53 Å². The molecule has 0 unspecified atom stereocenters. The lowest BCUT2D eigenvalue weighted by Crippen LogP contribution is -2.33. The number of amides is 1. The molecular formula is C15H16BrNO2. The van der Waals surface area contributed by atoms with E-state index in [0.717, 1.165) is 15.2 Å². The zero-order chi connectivity index (χ0) is 13.8. The summed E-state index contributed by atoms with van der Waals surface area (Å²) in [6, 6.07) is 11.6. The van der Waals surface area contributed by atoms with Crippen LogP contribution in [-0.2, 0) is 0 Å². The fourth-order valence-corrected chi connectivity index (χ4v) is 2.28. The maximum Gasteiger partial charge on any atom is 0.415 e. The molecule has 2 aromatic carbocycles. The molecule has 0 N–H and O–H groups in total. The first kappa shape index (κ1) is 13.9. The van der Waals surface area contributed by atoms with Crippen LogP contribution in [-0.4, -0.2) is 24.1 Å². The minimum absolute atomic E-state index is 0.304. The number of carbonyl (C=O) groups is 1. The molecule has 0 heterocycles. The van der Waals surface area contributed by atoms with E-state index < -0.39 is 0 Å². The predicted molar refractivity (Wildman–Crippen MR) is 80.6 cm³/mol. The van der Waals surface area contributed by atoms with Crippen LogP contribution in [0.5, 0.6) is 5.75 Å². The number of carbonyl (C=O) groups excluding carboxylic acids is 1. The molecule has 0 aliphatic rings. The van der Waals surface area contributed by atoms with Gasteiger partial charge in [-0.1, -0.05) is 28.1 Å². The molecule has 0 aliphatic heterocycles. The fourth-order valence-electron chi connectivity index (χ4n) is 1.91. The van der Waals surface area contributed by atoms with Crippen LogP contribution in [0, 0.1) is 0 Å². The predicted octanol–water partition coefficient (Wildman–Crippen LogP) is 4.44. The molecular weight excluding hydrogens is 306 g/mol. The minimum atomic E-state index is -0.304. The van der Waals surface area contributed by atoms with Crippen molar-refractivity contribution in [2.45, 2.75) is 13.8 Å². The normalized spacial score (nSPS) is 10.5. The van der Waals surface area contributed by atoms with Gasteiger partial charge in [0.15, 0.2) is 0 Å². The number of nitrogens with zero attached hydrogens (tertiary/aromatic N) is 1. The number of fused-ring (bicyclic) bond motifs is 1. The van der Waals surface area contributed by atoms with Crippen LogP contribution in [0.3, 0.4) is 0 Å². The zero-order valence-corrected chi connectivity index (χ0v) is 12.6. The van der Waals surface area contributed by atoms with Crippen LogP contribution in [0.25, 0.3) is 10.8 Å². The lowest BCUT2D eigenvalue weighted by Gasteiger charge is -2.17. The van der Waals surface area contributed by atoms with Gasteiger partial charge < -0.3 is 9.64 Å². The summed E-state index contributed by atoms with van der Waals surface area (Å²) >= 11 is 3.44. The quantitative estimate of drug-likeness (QED) is 0.836. The zero-order valence-electron chi connectivity index (χ0n) is 11.0. The molecule has 19 heavy (non-hydrogen) atoms. The number of halogens is 1. The highest BCUT2D eigenvalue weighted by Crippen LogP contribution is 2.24. The number of ether oxygens (including phenoxy) is 1. The molecule has 0 saturated carbocycles. The molecule has 0 atom stereocenters. The van der Waals surface area contributed by atoms with Gasteiger partial charge in [-0.3, -0.25) is 0 Å². The lowest BCUT2D eigenvalue weighted by molar-refractivity contribution is 0.157. The lowest BCUT2D eigenvalue weighted by atomic mass is 10.1. The van der Waals surface area contributed by atoms with Crippen LogP contribution in [0.2, 0.25) is 0 Å². The van der Waals surface area contributed by atoms with Crippen LogP contribution < -0.4 is 4.74 Å². The van der Waals surface area contributed by atoms with Gasteiger partial charge in [-0.2, -0.15) is 0 Å². The van der Waals surface area contributed by atoms with E-state index in [4.69, 9.17) is 4.74 Å².